The van der Waals surface area contributed by atoms with Crippen LogP contribution in [0.5, 0.6) is 0 Å². The van der Waals surface area contributed by atoms with Crippen LogP contribution in [0.15, 0.2) is 36.5 Å². The summed E-state index contributed by atoms with van der Waals surface area (Å²) in [5.74, 6) is -0.401. The van der Waals surface area contributed by atoms with Gasteiger partial charge in [0.2, 0.25) is 11.8 Å². The van der Waals surface area contributed by atoms with Crippen LogP contribution in [0.4, 0.5) is 5.69 Å². The van der Waals surface area contributed by atoms with Crippen molar-refractivity contribution in [2.24, 2.45) is 12.8 Å². The second kappa shape index (κ2) is 7.16. The first-order valence-electron chi connectivity index (χ1n) is 9.53. The third-order valence-corrected chi connectivity index (χ3v) is 5.57. The van der Waals surface area contributed by atoms with Crippen molar-refractivity contribution in [2.75, 3.05) is 4.90 Å². The average Bonchev–Trinajstić information content (AvgIpc) is 2.95. The SMILES string of the molecule is Cc1nn(C)c(C)c1CN1C(=O)CCc2ncc(-c3cccc(C(N)=O)c3)cc21. The molecule has 0 saturated heterocycles. The highest BCUT2D eigenvalue weighted by molar-refractivity contribution is 5.97. The number of aryl methyl sites for hydroxylation is 3. The lowest BCUT2D eigenvalue weighted by molar-refractivity contribution is -0.119. The third kappa shape index (κ3) is 3.40. The maximum Gasteiger partial charge on any atom is 0.248 e. The number of amides is 2. The number of primary amides is 1. The van der Waals surface area contributed by atoms with E-state index in [9.17, 15) is 9.59 Å². The highest BCUT2D eigenvalue weighted by Crippen LogP contribution is 2.33. The first-order valence-corrected chi connectivity index (χ1v) is 9.53. The fourth-order valence-corrected chi connectivity index (χ4v) is 3.79. The number of carbonyl (C=O) groups is 2. The van der Waals surface area contributed by atoms with E-state index in [0.717, 1.165) is 39.5 Å². The lowest BCUT2D eigenvalue weighted by Gasteiger charge is -2.29. The van der Waals surface area contributed by atoms with E-state index in [4.69, 9.17) is 5.73 Å². The number of anilines is 1. The smallest absolute Gasteiger partial charge is 0.248 e. The fourth-order valence-electron chi connectivity index (χ4n) is 3.79. The lowest BCUT2D eigenvalue weighted by Crippen LogP contribution is -2.35. The molecule has 1 aliphatic rings. The number of aromatic nitrogens is 3. The Morgan fingerprint density at radius 3 is 2.66 bits per heavy atom. The molecule has 0 unspecified atom stereocenters. The number of benzene rings is 1. The van der Waals surface area contributed by atoms with Crippen LogP contribution >= 0.6 is 0 Å². The van der Waals surface area contributed by atoms with E-state index in [-0.39, 0.29) is 5.91 Å². The van der Waals surface area contributed by atoms with Crippen LogP contribution < -0.4 is 10.6 Å². The average molecular weight is 389 g/mol. The van der Waals surface area contributed by atoms with Crippen molar-refractivity contribution in [3.8, 4) is 11.1 Å². The molecular formula is C22H23N5O2. The van der Waals surface area contributed by atoms with Gasteiger partial charge < -0.3 is 10.6 Å². The molecule has 0 bridgehead atoms. The van der Waals surface area contributed by atoms with Crippen molar-refractivity contribution in [1.82, 2.24) is 14.8 Å². The van der Waals surface area contributed by atoms with Crippen LogP contribution in [-0.2, 0) is 24.8 Å². The minimum Gasteiger partial charge on any atom is -0.366 e. The van der Waals surface area contributed by atoms with E-state index in [1.807, 2.05) is 37.7 Å². The molecule has 7 heteroatoms. The quantitative estimate of drug-likeness (QED) is 0.742. The Hall–Kier alpha value is -3.48. The van der Waals surface area contributed by atoms with E-state index in [0.29, 0.717) is 24.9 Å². The summed E-state index contributed by atoms with van der Waals surface area (Å²) in [7, 11) is 1.91. The minimum absolute atomic E-state index is 0.0741. The summed E-state index contributed by atoms with van der Waals surface area (Å²) in [4.78, 5) is 30.7. The zero-order valence-electron chi connectivity index (χ0n) is 16.8. The molecule has 148 valence electrons. The molecule has 0 saturated carbocycles. The van der Waals surface area contributed by atoms with Gasteiger partial charge in [-0.05, 0) is 37.6 Å². The highest BCUT2D eigenvalue weighted by Gasteiger charge is 2.27. The van der Waals surface area contributed by atoms with Crippen molar-refractivity contribution < 1.29 is 9.59 Å². The number of hydrogen-bond donors (Lipinski definition) is 1. The molecule has 0 fully saturated rings. The number of rotatable bonds is 4. The molecule has 7 nitrogen and oxygen atoms in total. The molecule has 2 N–H and O–H groups in total. The molecule has 0 atom stereocenters. The predicted octanol–water partition coefficient (Wildman–Crippen LogP) is 2.68. The largest absolute Gasteiger partial charge is 0.366 e. The number of carbonyl (C=O) groups excluding carboxylic acids is 2. The summed E-state index contributed by atoms with van der Waals surface area (Å²) in [6.07, 6.45) is 2.85. The topological polar surface area (TPSA) is 94.1 Å². The first-order chi connectivity index (χ1) is 13.8. The zero-order valence-corrected chi connectivity index (χ0v) is 16.8. The molecule has 29 heavy (non-hydrogen) atoms. The molecule has 1 aromatic carbocycles. The zero-order chi connectivity index (χ0) is 20.7. The number of fused-ring (bicyclic) bond motifs is 1. The third-order valence-electron chi connectivity index (χ3n) is 5.57. The predicted molar refractivity (Wildman–Crippen MR) is 110 cm³/mol. The van der Waals surface area contributed by atoms with E-state index in [1.165, 1.54) is 0 Å². The van der Waals surface area contributed by atoms with Gasteiger partial charge in [0.15, 0.2) is 0 Å². The van der Waals surface area contributed by atoms with Crippen molar-refractivity contribution in [3.63, 3.8) is 0 Å². The molecule has 0 radical (unpaired) electrons. The fraction of sp³-hybridized carbons (Fsp3) is 0.273. The molecule has 4 rings (SSSR count). The molecule has 3 aromatic rings. The molecular weight excluding hydrogens is 366 g/mol. The van der Waals surface area contributed by atoms with Crippen molar-refractivity contribution in [2.45, 2.75) is 33.2 Å². The van der Waals surface area contributed by atoms with Crippen LogP contribution in [-0.4, -0.2) is 26.6 Å². The van der Waals surface area contributed by atoms with Crippen LogP contribution in [0.3, 0.4) is 0 Å². The van der Waals surface area contributed by atoms with Crippen molar-refractivity contribution >= 4 is 17.5 Å². The lowest BCUT2D eigenvalue weighted by atomic mass is 9.99. The summed E-state index contributed by atoms with van der Waals surface area (Å²) < 4.78 is 1.84. The summed E-state index contributed by atoms with van der Waals surface area (Å²) in [6.45, 7) is 4.43. The van der Waals surface area contributed by atoms with E-state index >= 15 is 0 Å². The normalized spacial score (nSPS) is 13.5. The summed E-state index contributed by atoms with van der Waals surface area (Å²) >= 11 is 0. The molecule has 0 spiro atoms. The Kier molecular flexibility index (Phi) is 4.66. The summed E-state index contributed by atoms with van der Waals surface area (Å²) in [5, 5.41) is 4.47. The van der Waals surface area contributed by atoms with Crippen LogP contribution in [0.1, 0.15) is 39.4 Å². The number of nitrogens with two attached hydrogens (primary N) is 1. The van der Waals surface area contributed by atoms with Gasteiger partial charge in [-0.15, -0.1) is 0 Å². The van der Waals surface area contributed by atoms with Gasteiger partial charge >= 0.3 is 0 Å². The molecule has 1 aliphatic heterocycles. The maximum absolute atomic E-state index is 12.8. The number of nitrogens with zero attached hydrogens (tertiary/aromatic N) is 4. The Morgan fingerprint density at radius 1 is 1.17 bits per heavy atom. The second-order valence-corrected chi connectivity index (χ2v) is 7.39. The highest BCUT2D eigenvalue weighted by atomic mass is 16.2. The van der Waals surface area contributed by atoms with E-state index < -0.39 is 5.91 Å². The van der Waals surface area contributed by atoms with Crippen LogP contribution in [0.2, 0.25) is 0 Å². The van der Waals surface area contributed by atoms with Gasteiger partial charge in [-0.3, -0.25) is 19.3 Å². The van der Waals surface area contributed by atoms with Gasteiger partial charge in [-0.25, -0.2) is 0 Å². The molecule has 3 heterocycles. The Labute approximate surface area is 169 Å². The van der Waals surface area contributed by atoms with Crippen molar-refractivity contribution in [3.05, 3.63) is 64.7 Å². The Bertz CT molecular complexity index is 1130. The standard InChI is InChI=1S/C22H23N5O2/c1-13-18(14(2)26(3)25-13)12-27-20-10-17(11-24-19(20)7-8-21(27)28)15-5-4-6-16(9-15)22(23)29/h4-6,9-11H,7-8,12H2,1-3H3,(H2,23,29). The maximum atomic E-state index is 12.8. The van der Waals surface area contributed by atoms with Gasteiger partial charge in [-0.1, -0.05) is 12.1 Å². The van der Waals surface area contributed by atoms with E-state index in [2.05, 4.69) is 10.1 Å². The summed E-state index contributed by atoms with van der Waals surface area (Å²) in [5.41, 5.74) is 12.3. The van der Waals surface area contributed by atoms with Gasteiger partial charge in [0.25, 0.3) is 0 Å². The van der Waals surface area contributed by atoms with Crippen LogP contribution in [0, 0.1) is 13.8 Å². The molecule has 0 aliphatic carbocycles. The van der Waals surface area contributed by atoms with Gasteiger partial charge in [-0.2, -0.15) is 5.10 Å². The Morgan fingerprint density at radius 2 is 1.97 bits per heavy atom. The first kappa shape index (κ1) is 18.9. The van der Waals surface area contributed by atoms with Gasteiger partial charge in [0, 0.05) is 48.5 Å². The molecule has 2 amide bonds. The van der Waals surface area contributed by atoms with Crippen LogP contribution in [0.25, 0.3) is 11.1 Å². The number of hydrogen-bond acceptors (Lipinski definition) is 4. The van der Waals surface area contributed by atoms with Crippen molar-refractivity contribution in [1.29, 1.82) is 0 Å². The second-order valence-electron chi connectivity index (χ2n) is 7.39. The van der Waals surface area contributed by atoms with E-state index in [1.54, 1.807) is 29.3 Å². The summed E-state index contributed by atoms with van der Waals surface area (Å²) in [6, 6.07) is 9.10. The van der Waals surface area contributed by atoms with Gasteiger partial charge in [0.1, 0.15) is 0 Å². The van der Waals surface area contributed by atoms with Gasteiger partial charge in [0.05, 0.1) is 23.6 Å². The number of pyridine rings is 1. The minimum atomic E-state index is -0.475. The Balaban J connectivity index is 1.76. The molecule has 2 aromatic heterocycles. The monoisotopic (exact) mass is 389 g/mol.